The number of aromatic nitrogens is 4. The van der Waals surface area contributed by atoms with Gasteiger partial charge in [0.05, 0.1) is 95.1 Å². The Bertz CT molecular complexity index is 5200. The second kappa shape index (κ2) is 56.3. The summed E-state index contributed by atoms with van der Waals surface area (Å²) in [6, 6.07) is 48.6. The van der Waals surface area contributed by atoms with Gasteiger partial charge in [0.25, 0.3) is 0 Å². The number of aromatic amines is 3. The molecule has 0 unspecified atom stereocenters. The number of rotatable bonds is 61. The minimum atomic E-state index is -0.849. The molecule has 34 heteroatoms. The highest BCUT2D eigenvalue weighted by molar-refractivity contribution is 5.96. The van der Waals surface area contributed by atoms with E-state index in [4.69, 9.17) is 34.4 Å². The van der Waals surface area contributed by atoms with E-state index in [-0.39, 0.29) is 90.9 Å². The average molecular weight is 1850 g/mol. The molecular weight excluding hydrogens is 1710 g/mol. The summed E-state index contributed by atoms with van der Waals surface area (Å²) in [4.78, 5) is 211. The van der Waals surface area contributed by atoms with Gasteiger partial charge in [0, 0.05) is 92.6 Å². The van der Waals surface area contributed by atoms with Crippen molar-refractivity contribution in [2.75, 3.05) is 164 Å². The summed E-state index contributed by atoms with van der Waals surface area (Å²) >= 11 is 0. The van der Waals surface area contributed by atoms with Crippen molar-refractivity contribution < 1.29 is 57.5 Å². The SMILES string of the molecule is C[C@@H](c1ccccc1)N(CC(N)=O)C(=O)CN(CCCCN)C(=O)CN(CCCCN)C(=O)CN(C(=O)CN(C(=O)CN(CCCCN)C(=O)CN(CCc1c[nH]cn1)C(=O)CN(C(=O)CN(CCCCN)C(=O)CN(CCc1c[nH]c2ccccc12)C(=O)CN(CCc1c[nH]c2ccccc12)C(=O)CNCCCCN)[C@@H](C)c1ccccc1)[C@@H](C)c1ccccc1)[C@@H](C)c1ccccc1. The molecule has 0 aliphatic carbocycles. The lowest BCUT2D eigenvalue weighted by Crippen LogP contribution is -2.53. The van der Waals surface area contributed by atoms with Crippen molar-refractivity contribution in [1.82, 2.24) is 79.2 Å². The summed E-state index contributed by atoms with van der Waals surface area (Å²) in [5.74, 6) is -7.25. The van der Waals surface area contributed by atoms with Crippen LogP contribution in [-0.4, -0.2) is 308 Å². The molecule has 0 saturated heterocycles. The Morgan fingerprint density at radius 1 is 0.304 bits per heavy atom. The van der Waals surface area contributed by atoms with E-state index in [1.54, 1.807) is 113 Å². The van der Waals surface area contributed by atoms with Crippen LogP contribution in [0.5, 0.6) is 0 Å². The minimum absolute atomic E-state index is 0.0277. The zero-order chi connectivity index (χ0) is 97.0. The zero-order valence-electron chi connectivity index (χ0n) is 78.9. The van der Waals surface area contributed by atoms with Gasteiger partial charge in [-0.05, 0) is 190 Å². The third kappa shape index (κ3) is 33.0. The molecule has 34 nitrogen and oxygen atoms in total. The molecule has 6 aromatic carbocycles. The van der Waals surface area contributed by atoms with Gasteiger partial charge in [0.2, 0.25) is 70.9 Å². The number of fused-ring (bicyclic) bond motifs is 2. The molecule has 16 N–H and O–H groups in total. The van der Waals surface area contributed by atoms with Gasteiger partial charge >= 0.3 is 0 Å². The summed E-state index contributed by atoms with van der Waals surface area (Å²) in [6.45, 7) is 3.37. The van der Waals surface area contributed by atoms with Gasteiger partial charge in [0.15, 0.2) is 0 Å². The number of benzene rings is 6. The van der Waals surface area contributed by atoms with Crippen LogP contribution < -0.4 is 39.7 Å². The molecule has 0 saturated carbocycles. The van der Waals surface area contributed by atoms with Crippen molar-refractivity contribution in [2.45, 2.75) is 135 Å². The lowest BCUT2D eigenvalue weighted by molar-refractivity contribution is -0.151. The van der Waals surface area contributed by atoms with Crippen LogP contribution in [0.2, 0.25) is 0 Å². The van der Waals surface area contributed by atoms with Crippen LogP contribution in [0.15, 0.2) is 195 Å². The number of nitrogens with zero attached hydrogens (tertiary/aromatic N) is 12. The molecule has 726 valence electrons. The Morgan fingerprint density at radius 2 is 0.578 bits per heavy atom. The predicted octanol–water partition coefficient (Wildman–Crippen LogP) is 6.33. The van der Waals surface area contributed by atoms with Crippen molar-refractivity contribution >= 4 is 92.7 Å². The number of hydrogen-bond donors (Lipinski definition) is 10. The van der Waals surface area contributed by atoms with Crippen LogP contribution in [0.25, 0.3) is 21.8 Å². The van der Waals surface area contributed by atoms with E-state index in [1.807, 2.05) is 103 Å². The smallest absolute Gasteiger partial charge is 0.243 e. The first-order chi connectivity index (χ1) is 65.3. The van der Waals surface area contributed by atoms with Gasteiger partial charge in [-0.25, -0.2) is 4.98 Å². The van der Waals surface area contributed by atoms with E-state index in [1.165, 1.54) is 60.2 Å². The molecule has 0 radical (unpaired) electrons. The Morgan fingerprint density at radius 3 is 0.904 bits per heavy atom. The monoisotopic (exact) mass is 1850 g/mol. The molecule has 0 aliphatic rings. The van der Waals surface area contributed by atoms with Crippen LogP contribution in [-0.2, 0) is 76.8 Å². The third-order valence-corrected chi connectivity index (χ3v) is 24.7. The molecule has 4 atom stereocenters. The van der Waals surface area contributed by atoms with Crippen molar-refractivity contribution in [3.63, 3.8) is 0 Å². The van der Waals surface area contributed by atoms with Gasteiger partial charge in [-0.1, -0.05) is 158 Å². The highest BCUT2D eigenvalue weighted by Gasteiger charge is 2.38. The van der Waals surface area contributed by atoms with E-state index in [0.717, 1.165) is 51.3 Å². The third-order valence-electron chi connectivity index (χ3n) is 24.7. The number of imidazole rings is 1. The van der Waals surface area contributed by atoms with Crippen LogP contribution in [0, 0.1) is 0 Å². The van der Waals surface area contributed by atoms with Gasteiger partial charge in [-0.3, -0.25) is 57.5 Å². The molecule has 0 spiro atoms. The maximum Gasteiger partial charge on any atom is 0.243 e. The van der Waals surface area contributed by atoms with Gasteiger partial charge in [-0.15, -0.1) is 0 Å². The largest absolute Gasteiger partial charge is 0.368 e. The molecule has 9 rings (SSSR count). The normalized spacial score (nSPS) is 12.1. The number of H-pyrrole nitrogens is 3. The molecule has 3 aromatic heterocycles. The number of para-hydroxylation sites is 2. The molecule has 0 aliphatic heterocycles. The quantitative estimate of drug-likeness (QED) is 0.0186. The highest BCUT2D eigenvalue weighted by Crippen LogP contribution is 2.29. The van der Waals surface area contributed by atoms with E-state index >= 15 is 38.4 Å². The predicted molar refractivity (Wildman–Crippen MR) is 522 cm³/mol. The fourth-order valence-corrected chi connectivity index (χ4v) is 16.5. The first-order valence-corrected chi connectivity index (χ1v) is 47.2. The molecule has 0 bridgehead atoms. The zero-order valence-corrected chi connectivity index (χ0v) is 78.9. The Hall–Kier alpha value is -13.0. The van der Waals surface area contributed by atoms with Crippen molar-refractivity contribution in [3.05, 3.63) is 234 Å². The lowest BCUT2D eigenvalue weighted by atomic mass is 10.1. The fourth-order valence-electron chi connectivity index (χ4n) is 16.5. The first-order valence-electron chi connectivity index (χ1n) is 47.2. The van der Waals surface area contributed by atoms with E-state index in [0.29, 0.717) is 106 Å². The summed E-state index contributed by atoms with van der Waals surface area (Å²) in [7, 11) is 0. The number of unbranched alkanes of at least 4 members (excludes halogenated alkanes) is 5. The van der Waals surface area contributed by atoms with Crippen LogP contribution in [0.4, 0.5) is 0 Å². The standard InChI is InChI=1S/C101H140N22O12/c1-75(79-31-9-5-10-32-79)120(63-90(107)124)98(132)68-114(53-28-23-48-104)92(126)64-113(52-27-22-47-103)96(130)71-122(77(3)81-35-13-7-14-36-81)101(135)73-123(78(4)82-37-15-8-16-38-82)100(134)70-116(55-30-25-50-106)94(128)67-119(58-45-85-61-109-74-112-85)97(131)72-121(76(2)80-33-11-6-12-34-80)99(133)69-115(54-29-24-49-105)93(127)66-118(57-44-84-60-111-89-42-20-18-40-87(84)89)95(129)65-117(91(125)62-108-51-26-21-46-102)56-43-83-59-110-88-41-19-17-39-86(83)88/h5-20,31-42,59-61,74-78,108,110-111H,21-30,43-58,62-73,102-106H2,1-4H3,(H2,107,124)(H,109,112)/t75-,76-,77-,78-/m0/s1. The summed E-state index contributed by atoms with van der Waals surface area (Å²) in [5.41, 5.74) is 42.5. The number of primary amides is 1. The summed E-state index contributed by atoms with van der Waals surface area (Å²) < 4.78 is 0. The maximum absolute atomic E-state index is 15.9. The number of carbonyl (C=O) groups excluding carboxylic acids is 12. The number of nitrogens with two attached hydrogens (primary N) is 6. The van der Waals surface area contributed by atoms with E-state index < -0.39 is 155 Å². The molecule has 12 amide bonds. The summed E-state index contributed by atoms with van der Waals surface area (Å²) in [5, 5.41) is 5.14. The second-order valence-electron chi connectivity index (χ2n) is 34.3. The fraction of sp³-hybridized carbons (Fsp3) is 0.455. The van der Waals surface area contributed by atoms with Gasteiger partial charge in [-0.2, -0.15) is 0 Å². The van der Waals surface area contributed by atoms with E-state index in [2.05, 4.69) is 25.3 Å². The van der Waals surface area contributed by atoms with Crippen LogP contribution >= 0.6 is 0 Å². The second-order valence-corrected chi connectivity index (χ2v) is 34.3. The molecule has 135 heavy (non-hydrogen) atoms. The Balaban J connectivity index is 0.996. The Labute approximate surface area is 792 Å². The lowest BCUT2D eigenvalue weighted by Gasteiger charge is -2.37. The number of carbonyl (C=O) groups is 12. The first kappa shape index (κ1) is 106. The van der Waals surface area contributed by atoms with Gasteiger partial charge < -0.3 is 109 Å². The topological polar surface area (TPSA) is 469 Å². The van der Waals surface area contributed by atoms with Crippen molar-refractivity contribution in [1.29, 1.82) is 0 Å². The highest BCUT2D eigenvalue weighted by atomic mass is 16.2. The number of nitrogens with one attached hydrogen (secondary N) is 4. The maximum atomic E-state index is 15.9. The van der Waals surface area contributed by atoms with Crippen LogP contribution in [0.3, 0.4) is 0 Å². The molecule has 9 aromatic rings. The molecule has 0 fully saturated rings. The van der Waals surface area contributed by atoms with Crippen LogP contribution in [0.1, 0.15) is 155 Å². The molecular formula is C101H140N22O12. The molecule has 3 heterocycles. The van der Waals surface area contributed by atoms with Gasteiger partial charge in [0.1, 0.15) is 19.6 Å². The minimum Gasteiger partial charge on any atom is -0.368 e. The van der Waals surface area contributed by atoms with Crippen molar-refractivity contribution in [2.24, 2.45) is 34.4 Å². The number of hydrogen-bond acceptors (Lipinski definition) is 19. The van der Waals surface area contributed by atoms with E-state index in [9.17, 15) is 19.2 Å². The average Bonchev–Trinajstić information content (AvgIpc) is 1.65. The number of amides is 12. The summed E-state index contributed by atoms with van der Waals surface area (Å²) in [6.07, 6.45) is 12.6. The Kier molecular flexibility index (Phi) is 44.0. The van der Waals surface area contributed by atoms with Crippen molar-refractivity contribution in [3.8, 4) is 0 Å².